The van der Waals surface area contributed by atoms with Crippen LogP contribution in [0.5, 0.6) is 11.5 Å². The number of anilines is 1. The largest absolute Gasteiger partial charge is 0.495 e. The molecule has 12 heteroatoms. The summed E-state index contributed by atoms with van der Waals surface area (Å²) in [5.74, 6) is -10.3. The molecule has 0 spiro atoms. The Morgan fingerprint density at radius 1 is 0.919 bits per heavy atom. The molecule has 1 aromatic heterocycles. The fraction of sp³-hybridized carbons (Fsp3) is 0.0800. The average Bonchev–Trinajstić information content (AvgIpc) is 2.87. The van der Waals surface area contributed by atoms with Crippen molar-refractivity contribution < 1.29 is 36.2 Å². The molecule has 1 amide bonds. The molecule has 0 aliphatic heterocycles. The molecule has 190 valence electrons. The highest BCUT2D eigenvalue weighted by atomic mass is 32.1. The van der Waals surface area contributed by atoms with Crippen LogP contribution in [0.1, 0.15) is 10.4 Å². The van der Waals surface area contributed by atoms with Gasteiger partial charge in [-0.05, 0) is 42.0 Å². The lowest BCUT2D eigenvalue weighted by molar-refractivity contribution is 0.0966. The number of hydrogen-bond donors (Lipinski definition) is 2. The first kappa shape index (κ1) is 25.6. The third-order valence-electron chi connectivity index (χ3n) is 5.28. The number of hydrogen-bond acceptors (Lipinski definition) is 6. The molecule has 0 aliphatic rings. The van der Waals surface area contributed by atoms with E-state index in [2.05, 4.69) is 10.1 Å². The number of thiocarbonyl (C=S) groups is 1. The molecule has 0 aliphatic carbocycles. The van der Waals surface area contributed by atoms with Gasteiger partial charge in [-0.1, -0.05) is 24.3 Å². The lowest BCUT2D eigenvalue weighted by Gasteiger charge is -2.15. The molecule has 3 aromatic carbocycles. The molecule has 0 unspecified atom stereocenters. The van der Waals surface area contributed by atoms with Gasteiger partial charge in [-0.2, -0.15) is 8.78 Å². The standard InChI is InChI=1S/C25H16F4N2O5S/c1-34-16-8-7-11(13-9-12-5-3-4-6-15(12)36-24(13)33)10-14(16)30-25(37)31-23(32)17-18(26)20(28)22(35-2)21(29)19(17)27/h3-10H,1-2H3,(H2,30,31,32,37). The molecular formula is C25H16F4N2O5S. The summed E-state index contributed by atoms with van der Waals surface area (Å²) < 4.78 is 71.5. The molecule has 0 fully saturated rings. The van der Waals surface area contributed by atoms with Crippen molar-refractivity contribution in [1.82, 2.24) is 5.32 Å². The zero-order valence-corrected chi connectivity index (χ0v) is 19.9. The van der Waals surface area contributed by atoms with Gasteiger partial charge in [0.15, 0.2) is 22.5 Å². The summed E-state index contributed by atoms with van der Waals surface area (Å²) in [6, 6.07) is 13.1. The van der Waals surface area contributed by atoms with E-state index >= 15 is 0 Å². The van der Waals surface area contributed by atoms with Crippen molar-refractivity contribution >= 4 is 39.9 Å². The highest BCUT2D eigenvalue weighted by Crippen LogP contribution is 2.32. The summed E-state index contributed by atoms with van der Waals surface area (Å²) in [4.78, 5) is 25.0. The van der Waals surface area contributed by atoms with Crippen molar-refractivity contribution in [2.24, 2.45) is 0 Å². The predicted molar refractivity (Wildman–Crippen MR) is 131 cm³/mol. The molecule has 2 N–H and O–H groups in total. The topological polar surface area (TPSA) is 89.8 Å². The summed E-state index contributed by atoms with van der Waals surface area (Å²) in [6.45, 7) is 0. The van der Waals surface area contributed by atoms with Crippen molar-refractivity contribution in [3.8, 4) is 22.6 Å². The van der Waals surface area contributed by atoms with E-state index in [0.29, 0.717) is 16.5 Å². The fourth-order valence-electron chi connectivity index (χ4n) is 3.55. The van der Waals surface area contributed by atoms with Gasteiger partial charge in [0, 0.05) is 5.39 Å². The number of halogens is 4. The van der Waals surface area contributed by atoms with Crippen LogP contribution in [0.4, 0.5) is 23.2 Å². The second-order valence-electron chi connectivity index (χ2n) is 7.47. The van der Waals surface area contributed by atoms with E-state index in [1.54, 1.807) is 36.4 Å². The molecule has 0 atom stereocenters. The SMILES string of the molecule is COc1ccc(-c2cc3ccccc3oc2=O)cc1NC(=S)NC(=O)c1c(F)c(F)c(OC)c(F)c1F. The molecule has 0 saturated heterocycles. The minimum atomic E-state index is -1.96. The zero-order valence-electron chi connectivity index (χ0n) is 19.1. The van der Waals surface area contributed by atoms with Crippen molar-refractivity contribution in [3.05, 3.63) is 87.8 Å². The van der Waals surface area contributed by atoms with Crippen molar-refractivity contribution in [3.63, 3.8) is 0 Å². The summed E-state index contributed by atoms with van der Waals surface area (Å²) >= 11 is 5.03. The van der Waals surface area contributed by atoms with E-state index in [4.69, 9.17) is 21.4 Å². The highest BCUT2D eigenvalue weighted by molar-refractivity contribution is 7.80. The van der Waals surface area contributed by atoms with Crippen LogP contribution < -0.4 is 25.7 Å². The molecule has 4 aromatic rings. The smallest absolute Gasteiger partial charge is 0.344 e. The average molecular weight is 532 g/mol. The lowest BCUT2D eigenvalue weighted by Crippen LogP contribution is -2.35. The van der Waals surface area contributed by atoms with Crippen molar-refractivity contribution in [1.29, 1.82) is 0 Å². The van der Waals surface area contributed by atoms with Crippen molar-refractivity contribution in [2.45, 2.75) is 0 Å². The second-order valence-corrected chi connectivity index (χ2v) is 7.88. The number of nitrogens with one attached hydrogen (secondary N) is 2. The van der Waals surface area contributed by atoms with E-state index in [-0.39, 0.29) is 17.0 Å². The third-order valence-corrected chi connectivity index (χ3v) is 5.49. The van der Waals surface area contributed by atoms with Gasteiger partial charge in [0.05, 0.1) is 25.5 Å². The first-order valence-electron chi connectivity index (χ1n) is 10.4. The molecule has 0 saturated carbocycles. The Hall–Kier alpha value is -4.45. The van der Waals surface area contributed by atoms with Gasteiger partial charge in [-0.15, -0.1) is 0 Å². The van der Waals surface area contributed by atoms with Gasteiger partial charge in [-0.25, -0.2) is 13.6 Å². The van der Waals surface area contributed by atoms with Crippen LogP contribution in [-0.2, 0) is 0 Å². The van der Waals surface area contributed by atoms with Crippen LogP contribution >= 0.6 is 12.2 Å². The van der Waals surface area contributed by atoms with Gasteiger partial charge in [0.2, 0.25) is 11.6 Å². The van der Waals surface area contributed by atoms with Crippen LogP contribution in [0.2, 0.25) is 0 Å². The number of fused-ring (bicyclic) bond motifs is 1. The Bertz CT molecular complexity index is 1590. The van der Waals surface area contributed by atoms with Gasteiger partial charge < -0.3 is 19.2 Å². The van der Waals surface area contributed by atoms with Crippen LogP contribution in [0, 0.1) is 23.3 Å². The Kier molecular flexibility index (Phi) is 7.11. The summed E-state index contributed by atoms with van der Waals surface area (Å²) in [5.41, 5.74) is -0.973. The van der Waals surface area contributed by atoms with Gasteiger partial charge in [0.1, 0.15) is 16.9 Å². The number of benzene rings is 3. The fourth-order valence-corrected chi connectivity index (χ4v) is 3.75. The van der Waals surface area contributed by atoms with E-state index in [1.165, 1.54) is 19.2 Å². The normalized spacial score (nSPS) is 10.8. The maximum atomic E-state index is 14.3. The highest BCUT2D eigenvalue weighted by Gasteiger charge is 2.30. The predicted octanol–water partition coefficient (Wildman–Crippen LogP) is 5.16. The van der Waals surface area contributed by atoms with Crippen LogP contribution in [0.15, 0.2) is 57.7 Å². The molecule has 0 radical (unpaired) electrons. The number of ether oxygens (including phenoxy) is 2. The molecule has 1 heterocycles. The summed E-state index contributed by atoms with van der Waals surface area (Å²) in [7, 11) is 2.16. The minimum absolute atomic E-state index is 0.158. The number of para-hydroxylation sites is 1. The minimum Gasteiger partial charge on any atom is -0.495 e. The number of amides is 1. The maximum Gasteiger partial charge on any atom is 0.344 e. The van der Waals surface area contributed by atoms with Crippen LogP contribution in [0.25, 0.3) is 22.1 Å². The number of carbonyl (C=O) groups excluding carboxylic acids is 1. The summed E-state index contributed by atoms with van der Waals surface area (Å²) in [6.07, 6.45) is 0. The van der Waals surface area contributed by atoms with Crippen molar-refractivity contribution in [2.75, 3.05) is 19.5 Å². The molecule has 7 nitrogen and oxygen atoms in total. The molecule has 37 heavy (non-hydrogen) atoms. The Morgan fingerprint density at radius 3 is 2.24 bits per heavy atom. The van der Waals surface area contributed by atoms with E-state index in [9.17, 15) is 27.2 Å². The van der Waals surface area contributed by atoms with Crippen LogP contribution in [-0.4, -0.2) is 25.2 Å². The van der Waals surface area contributed by atoms with E-state index < -0.39 is 51.2 Å². The lowest BCUT2D eigenvalue weighted by atomic mass is 10.0. The Balaban J connectivity index is 1.63. The first-order chi connectivity index (χ1) is 17.7. The first-order valence-corrected chi connectivity index (χ1v) is 10.8. The Labute approximate surface area is 211 Å². The second kappa shape index (κ2) is 10.3. The van der Waals surface area contributed by atoms with Gasteiger partial charge in [0.25, 0.3) is 5.91 Å². The number of rotatable bonds is 5. The Morgan fingerprint density at radius 2 is 1.59 bits per heavy atom. The number of methoxy groups -OCH3 is 2. The molecular weight excluding hydrogens is 516 g/mol. The van der Waals surface area contributed by atoms with Crippen LogP contribution in [0.3, 0.4) is 0 Å². The van der Waals surface area contributed by atoms with E-state index in [1.807, 2.05) is 5.32 Å². The van der Waals surface area contributed by atoms with Gasteiger partial charge in [-0.3, -0.25) is 10.1 Å². The molecule has 0 bridgehead atoms. The van der Waals surface area contributed by atoms with E-state index in [0.717, 1.165) is 7.11 Å². The molecule has 4 rings (SSSR count). The quantitative estimate of drug-likeness (QED) is 0.159. The zero-order chi connectivity index (χ0) is 26.9. The number of carbonyl (C=O) groups is 1. The summed E-state index contributed by atoms with van der Waals surface area (Å²) in [5, 5.41) is 4.75. The third kappa shape index (κ3) is 4.83. The van der Waals surface area contributed by atoms with Gasteiger partial charge >= 0.3 is 5.63 Å². The maximum absolute atomic E-state index is 14.3. The monoisotopic (exact) mass is 532 g/mol.